The van der Waals surface area contributed by atoms with Crippen LogP contribution in [0.5, 0.6) is 0 Å². The van der Waals surface area contributed by atoms with Gasteiger partial charge in [0.2, 0.25) is 15.9 Å². The second kappa shape index (κ2) is 8.22. The number of carbonyl (C=O) groups is 1. The molecule has 1 saturated heterocycles. The number of hydrogen-bond donors (Lipinski definition) is 1. The predicted octanol–water partition coefficient (Wildman–Crippen LogP) is 1.73. The zero-order valence-electron chi connectivity index (χ0n) is 16.3. The molecule has 2 aromatic rings. The van der Waals surface area contributed by atoms with Gasteiger partial charge < -0.3 is 4.90 Å². The average Bonchev–Trinajstić information content (AvgIpc) is 3.19. The molecule has 1 aromatic carbocycles. The van der Waals surface area contributed by atoms with Crippen molar-refractivity contribution in [2.24, 2.45) is 0 Å². The number of benzene rings is 1. The number of nitrogens with zero attached hydrogens (tertiary/aromatic N) is 4. The summed E-state index contributed by atoms with van der Waals surface area (Å²) in [6, 6.07) is 7.07. The van der Waals surface area contributed by atoms with Crippen molar-refractivity contribution in [1.82, 2.24) is 24.4 Å². The number of carbonyl (C=O) groups excluding carboxylic acids is 1. The number of aromatic nitrogens is 3. The molecule has 10 heteroatoms. The Labute approximate surface area is 169 Å². The number of H-pyrrole nitrogens is 1. The van der Waals surface area contributed by atoms with Crippen molar-refractivity contribution in [3.05, 3.63) is 36.2 Å². The summed E-state index contributed by atoms with van der Waals surface area (Å²) in [6.45, 7) is 7.63. The molecule has 1 aromatic heterocycles. The molecule has 3 rings (SSSR count). The monoisotopic (exact) mass is 423 g/mol. The highest BCUT2D eigenvalue weighted by Crippen LogP contribution is 2.25. The SMILES string of the molecule is CC(C)(C)c1ccc(S(=O)(=O)N2CCN(C(=O)CSc3ncn[nH]3)CC2)cc1. The van der Waals surface area contributed by atoms with Crippen LogP contribution in [0, 0.1) is 0 Å². The Balaban J connectivity index is 1.58. The summed E-state index contributed by atoms with van der Waals surface area (Å²) in [5.41, 5.74) is 1.06. The summed E-state index contributed by atoms with van der Waals surface area (Å²) in [7, 11) is -3.55. The quantitative estimate of drug-likeness (QED) is 0.736. The first-order valence-electron chi connectivity index (χ1n) is 9.04. The Morgan fingerprint density at radius 3 is 2.32 bits per heavy atom. The predicted molar refractivity (Wildman–Crippen MR) is 108 cm³/mol. The van der Waals surface area contributed by atoms with Gasteiger partial charge in [0.1, 0.15) is 6.33 Å². The highest BCUT2D eigenvalue weighted by Gasteiger charge is 2.30. The molecule has 8 nitrogen and oxygen atoms in total. The zero-order valence-corrected chi connectivity index (χ0v) is 17.9. The second-order valence-corrected chi connectivity index (χ2v) is 10.5. The van der Waals surface area contributed by atoms with Gasteiger partial charge in [-0.25, -0.2) is 13.4 Å². The summed E-state index contributed by atoms with van der Waals surface area (Å²) in [5, 5.41) is 7.03. The van der Waals surface area contributed by atoms with Crippen molar-refractivity contribution in [2.75, 3.05) is 31.9 Å². The molecule has 2 heterocycles. The van der Waals surface area contributed by atoms with E-state index in [1.165, 1.54) is 22.4 Å². The standard InChI is InChI=1S/C18H25N5O3S2/c1-18(2,3)14-4-6-15(7-5-14)28(25,26)23-10-8-22(9-11-23)16(24)12-27-17-19-13-20-21-17/h4-7,13H,8-12H2,1-3H3,(H,19,20,21). The lowest BCUT2D eigenvalue weighted by molar-refractivity contribution is -0.129. The number of thioether (sulfide) groups is 1. The first-order chi connectivity index (χ1) is 13.2. The van der Waals surface area contributed by atoms with Gasteiger partial charge in [0.05, 0.1) is 10.6 Å². The second-order valence-electron chi connectivity index (χ2n) is 7.64. The molecule has 1 aliphatic heterocycles. The molecule has 1 aliphatic rings. The highest BCUT2D eigenvalue weighted by atomic mass is 32.2. The summed E-state index contributed by atoms with van der Waals surface area (Å²) < 4.78 is 27.3. The molecule has 0 unspecified atom stereocenters. The Kier molecular flexibility index (Phi) is 6.11. The van der Waals surface area contributed by atoms with Crippen LogP contribution in [0.1, 0.15) is 26.3 Å². The molecule has 28 heavy (non-hydrogen) atoms. The lowest BCUT2D eigenvalue weighted by atomic mass is 9.87. The van der Waals surface area contributed by atoms with E-state index in [-0.39, 0.29) is 17.1 Å². The van der Waals surface area contributed by atoms with Crippen LogP contribution >= 0.6 is 11.8 Å². The Bertz CT molecular complexity index is 898. The topological polar surface area (TPSA) is 99.3 Å². The minimum absolute atomic E-state index is 0.0298. The smallest absolute Gasteiger partial charge is 0.243 e. The molecule has 0 bridgehead atoms. The molecule has 0 saturated carbocycles. The van der Waals surface area contributed by atoms with Crippen molar-refractivity contribution in [2.45, 2.75) is 36.2 Å². The number of amides is 1. The summed E-state index contributed by atoms with van der Waals surface area (Å²) >= 11 is 1.28. The normalized spacial score (nSPS) is 16.3. The number of nitrogens with one attached hydrogen (secondary N) is 1. The van der Waals surface area contributed by atoms with Gasteiger partial charge in [-0.3, -0.25) is 9.89 Å². The number of hydrogen-bond acceptors (Lipinski definition) is 6. The highest BCUT2D eigenvalue weighted by molar-refractivity contribution is 7.99. The minimum atomic E-state index is -3.55. The molecular formula is C18H25N5O3S2. The number of piperazine rings is 1. The van der Waals surface area contributed by atoms with E-state index in [1.54, 1.807) is 17.0 Å². The van der Waals surface area contributed by atoms with Gasteiger partial charge in [-0.2, -0.15) is 9.40 Å². The fourth-order valence-electron chi connectivity index (χ4n) is 2.94. The van der Waals surface area contributed by atoms with E-state index in [2.05, 4.69) is 36.0 Å². The van der Waals surface area contributed by atoms with Gasteiger partial charge in [-0.1, -0.05) is 44.7 Å². The Hall–Kier alpha value is -1.91. The van der Waals surface area contributed by atoms with Crippen LogP contribution in [0.2, 0.25) is 0 Å². The molecule has 0 atom stereocenters. The summed E-state index contributed by atoms with van der Waals surface area (Å²) in [6.07, 6.45) is 1.39. The van der Waals surface area contributed by atoms with Gasteiger partial charge >= 0.3 is 0 Å². The minimum Gasteiger partial charge on any atom is -0.339 e. The van der Waals surface area contributed by atoms with Crippen molar-refractivity contribution in [3.8, 4) is 0 Å². The molecule has 152 valence electrons. The molecular weight excluding hydrogens is 398 g/mol. The molecule has 1 fully saturated rings. The van der Waals surface area contributed by atoms with Gasteiger partial charge in [0, 0.05) is 26.2 Å². The van der Waals surface area contributed by atoms with Gasteiger partial charge in [0.15, 0.2) is 5.16 Å². The third-order valence-electron chi connectivity index (χ3n) is 4.67. The van der Waals surface area contributed by atoms with E-state index in [0.29, 0.717) is 36.2 Å². The lowest BCUT2D eigenvalue weighted by Crippen LogP contribution is -2.50. The molecule has 0 spiro atoms. The van der Waals surface area contributed by atoms with Crippen molar-refractivity contribution in [1.29, 1.82) is 0 Å². The maximum absolute atomic E-state index is 12.9. The van der Waals surface area contributed by atoms with Crippen LogP contribution in [0.4, 0.5) is 0 Å². The molecule has 0 radical (unpaired) electrons. The number of sulfonamides is 1. The first kappa shape index (κ1) is 20.8. The van der Waals surface area contributed by atoms with Crippen molar-refractivity contribution >= 4 is 27.7 Å². The third kappa shape index (κ3) is 4.73. The van der Waals surface area contributed by atoms with Crippen LogP contribution < -0.4 is 0 Å². The zero-order chi connectivity index (χ0) is 20.4. The summed E-state index contributed by atoms with van der Waals surface area (Å²) in [4.78, 5) is 18.3. The lowest BCUT2D eigenvalue weighted by Gasteiger charge is -2.34. The molecule has 0 aliphatic carbocycles. The fourth-order valence-corrected chi connectivity index (χ4v) is 5.04. The van der Waals surface area contributed by atoms with Crippen molar-refractivity contribution in [3.63, 3.8) is 0 Å². The maximum atomic E-state index is 12.9. The first-order valence-corrected chi connectivity index (χ1v) is 11.5. The van der Waals surface area contributed by atoms with Crippen LogP contribution in [-0.2, 0) is 20.2 Å². The van der Waals surface area contributed by atoms with Gasteiger partial charge in [-0.15, -0.1) is 0 Å². The van der Waals surface area contributed by atoms with Crippen LogP contribution in [0.15, 0.2) is 40.6 Å². The van der Waals surface area contributed by atoms with Crippen molar-refractivity contribution < 1.29 is 13.2 Å². The number of rotatable bonds is 5. The van der Waals surface area contributed by atoms with E-state index in [9.17, 15) is 13.2 Å². The Morgan fingerprint density at radius 2 is 1.79 bits per heavy atom. The van der Waals surface area contributed by atoms with Gasteiger partial charge in [0.25, 0.3) is 0 Å². The average molecular weight is 424 g/mol. The van der Waals surface area contributed by atoms with Crippen LogP contribution in [-0.4, -0.2) is 70.6 Å². The van der Waals surface area contributed by atoms with Crippen LogP contribution in [0.25, 0.3) is 0 Å². The van der Waals surface area contributed by atoms with Crippen LogP contribution in [0.3, 0.4) is 0 Å². The largest absolute Gasteiger partial charge is 0.339 e. The van der Waals surface area contributed by atoms with E-state index < -0.39 is 10.0 Å². The van der Waals surface area contributed by atoms with Gasteiger partial charge in [-0.05, 0) is 23.1 Å². The van der Waals surface area contributed by atoms with E-state index in [4.69, 9.17) is 0 Å². The molecule has 1 amide bonds. The summed E-state index contributed by atoms with van der Waals surface area (Å²) in [5.74, 6) is 0.212. The van der Waals surface area contributed by atoms with E-state index in [1.807, 2.05) is 12.1 Å². The molecule has 1 N–H and O–H groups in total. The maximum Gasteiger partial charge on any atom is 0.243 e. The fraction of sp³-hybridized carbons (Fsp3) is 0.500. The van der Waals surface area contributed by atoms with E-state index >= 15 is 0 Å². The van der Waals surface area contributed by atoms with E-state index in [0.717, 1.165) is 5.56 Å². The number of aromatic amines is 1. The third-order valence-corrected chi connectivity index (χ3v) is 7.45. The Morgan fingerprint density at radius 1 is 1.14 bits per heavy atom.